The molecule has 1 aliphatic carbocycles. The highest BCUT2D eigenvalue weighted by Crippen LogP contribution is 2.53. The summed E-state index contributed by atoms with van der Waals surface area (Å²) in [6.45, 7) is 4.86. The predicted molar refractivity (Wildman–Crippen MR) is 81.9 cm³/mol. The molecule has 1 aromatic rings. The standard InChI is InChI=1S/C18H18N2O2/c1-17(2)15(21)14(11-19)10-18(17)8-9-20(12-18)16(22)13-6-4-3-5-7-13/h3-7,10H,8-9,12H2,1-2H3/t18-/m0/s1. The van der Waals surface area contributed by atoms with Crippen LogP contribution in [0.3, 0.4) is 0 Å². The maximum Gasteiger partial charge on any atom is 0.253 e. The van der Waals surface area contributed by atoms with Crippen molar-refractivity contribution in [3.8, 4) is 6.07 Å². The normalized spacial score (nSPS) is 26.1. The first kappa shape index (κ1) is 14.5. The van der Waals surface area contributed by atoms with E-state index in [-0.39, 0.29) is 17.3 Å². The number of rotatable bonds is 1. The van der Waals surface area contributed by atoms with Crippen molar-refractivity contribution in [3.63, 3.8) is 0 Å². The van der Waals surface area contributed by atoms with Gasteiger partial charge in [0.1, 0.15) is 6.07 Å². The number of carbonyl (C=O) groups excluding carboxylic acids is 2. The Kier molecular flexibility index (Phi) is 3.17. The van der Waals surface area contributed by atoms with E-state index in [1.54, 1.807) is 23.1 Å². The van der Waals surface area contributed by atoms with E-state index in [1.807, 2.05) is 38.1 Å². The summed E-state index contributed by atoms with van der Waals surface area (Å²) in [7, 11) is 0. The molecule has 0 N–H and O–H groups in total. The van der Waals surface area contributed by atoms with Crippen LogP contribution in [0.25, 0.3) is 0 Å². The molecule has 1 heterocycles. The largest absolute Gasteiger partial charge is 0.338 e. The highest BCUT2D eigenvalue weighted by Gasteiger charge is 2.57. The molecule has 22 heavy (non-hydrogen) atoms. The van der Waals surface area contributed by atoms with Crippen LogP contribution < -0.4 is 0 Å². The lowest BCUT2D eigenvalue weighted by atomic mass is 9.66. The van der Waals surface area contributed by atoms with Gasteiger partial charge >= 0.3 is 0 Å². The highest BCUT2D eigenvalue weighted by molar-refractivity contribution is 6.06. The van der Waals surface area contributed by atoms with Crippen LogP contribution in [0, 0.1) is 22.2 Å². The van der Waals surface area contributed by atoms with Crippen molar-refractivity contribution >= 4 is 11.7 Å². The Bertz CT molecular complexity index is 712. The second-order valence-corrected chi connectivity index (χ2v) is 6.62. The van der Waals surface area contributed by atoms with Crippen LogP contribution in [0.4, 0.5) is 0 Å². The van der Waals surface area contributed by atoms with E-state index in [0.29, 0.717) is 18.7 Å². The first-order valence-corrected chi connectivity index (χ1v) is 7.43. The van der Waals surface area contributed by atoms with Crippen LogP contribution in [-0.4, -0.2) is 29.7 Å². The predicted octanol–water partition coefficient (Wildman–Crippen LogP) is 2.58. The molecule has 1 atom stereocenters. The molecule has 2 aliphatic rings. The summed E-state index contributed by atoms with van der Waals surface area (Å²) in [5, 5.41) is 9.15. The minimum absolute atomic E-state index is 0.0143. The number of Topliss-reactive ketones (excluding diaryl/α,β-unsaturated/α-hetero) is 1. The molecular weight excluding hydrogens is 276 g/mol. The molecule has 1 amide bonds. The monoisotopic (exact) mass is 294 g/mol. The van der Waals surface area contributed by atoms with Crippen molar-refractivity contribution in [2.75, 3.05) is 13.1 Å². The van der Waals surface area contributed by atoms with Crippen LogP contribution in [-0.2, 0) is 4.79 Å². The SMILES string of the molecule is CC1(C)C(=O)C(C#N)=C[C@]12CCN(C(=O)c1ccccc1)C2. The maximum atomic E-state index is 12.6. The van der Waals surface area contributed by atoms with Gasteiger partial charge in [-0.25, -0.2) is 0 Å². The highest BCUT2D eigenvalue weighted by atomic mass is 16.2. The maximum absolute atomic E-state index is 12.6. The number of allylic oxidation sites excluding steroid dienone is 1. The third-order valence-corrected chi connectivity index (χ3v) is 5.21. The number of hydrogen-bond donors (Lipinski definition) is 0. The molecule has 3 rings (SSSR count). The molecule has 1 saturated heterocycles. The van der Waals surface area contributed by atoms with Gasteiger partial charge in [-0.05, 0) is 18.6 Å². The minimum atomic E-state index is -0.635. The summed E-state index contributed by atoms with van der Waals surface area (Å²) < 4.78 is 0. The molecule has 0 radical (unpaired) electrons. The van der Waals surface area contributed by atoms with Gasteiger partial charge in [-0.2, -0.15) is 5.26 Å². The second kappa shape index (κ2) is 4.81. The lowest BCUT2D eigenvalue weighted by molar-refractivity contribution is -0.125. The number of amides is 1. The van der Waals surface area contributed by atoms with Gasteiger partial charge in [0.25, 0.3) is 5.91 Å². The van der Waals surface area contributed by atoms with E-state index in [4.69, 9.17) is 5.26 Å². The average Bonchev–Trinajstić information content (AvgIpc) is 3.04. The summed E-state index contributed by atoms with van der Waals surface area (Å²) in [6, 6.07) is 11.2. The van der Waals surface area contributed by atoms with Gasteiger partial charge in [0.15, 0.2) is 5.78 Å². The number of nitriles is 1. The molecule has 4 nitrogen and oxygen atoms in total. The van der Waals surface area contributed by atoms with Crippen LogP contribution in [0.5, 0.6) is 0 Å². The molecule has 1 aromatic carbocycles. The fourth-order valence-corrected chi connectivity index (χ4v) is 3.57. The van der Waals surface area contributed by atoms with Gasteiger partial charge in [-0.1, -0.05) is 38.1 Å². The average molecular weight is 294 g/mol. The van der Waals surface area contributed by atoms with E-state index in [9.17, 15) is 9.59 Å². The molecule has 112 valence electrons. The van der Waals surface area contributed by atoms with Crippen molar-refractivity contribution in [3.05, 3.63) is 47.5 Å². The second-order valence-electron chi connectivity index (χ2n) is 6.62. The van der Waals surface area contributed by atoms with E-state index in [1.165, 1.54) is 0 Å². The fraction of sp³-hybridized carbons (Fsp3) is 0.389. The van der Waals surface area contributed by atoms with E-state index < -0.39 is 10.8 Å². The molecule has 0 unspecified atom stereocenters. The summed E-state index contributed by atoms with van der Waals surface area (Å²) in [6.07, 6.45) is 2.52. The third-order valence-electron chi connectivity index (χ3n) is 5.21. The summed E-state index contributed by atoms with van der Waals surface area (Å²) in [4.78, 5) is 26.8. The molecule has 0 saturated carbocycles. The lowest BCUT2D eigenvalue weighted by Crippen LogP contribution is -2.41. The number of nitrogens with zero attached hydrogens (tertiary/aromatic N) is 2. The lowest BCUT2D eigenvalue weighted by Gasteiger charge is -2.35. The van der Waals surface area contributed by atoms with Crippen molar-refractivity contribution in [2.24, 2.45) is 10.8 Å². The zero-order valence-corrected chi connectivity index (χ0v) is 12.8. The molecule has 0 aromatic heterocycles. The Balaban J connectivity index is 1.89. The van der Waals surface area contributed by atoms with Crippen LogP contribution in [0.1, 0.15) is 30.6 Å². The first-order valence-electron chi connectivity index (χ1n) is 7.43. The van der Waals surface area contributed by atoms with E-state index in [0.717, 1.165) is 6.42 Å². The smallest absolute Gasteiger partial charge is 0.253 e. The molecule has 1 aliphatic heterocycles. The van der Waals surface area contributed by atoms with Gasteiger partial charge in [-0.3, -0.25) is 9.59 Å². The Labute approximate surface area is 130 Å². The van der Waals surface area contributed by atoms with Crippen LogP contribution in [0.2, 0.25) is 0 Å². The molecule has 1 fully saturated rings. The number of likely N-dealkylation sites (tertiary alicyclic amines) is 1. The van der Waals surface area contributed by atoms with Gasteiger partial charge in [-0.15, -0.1) is 0 Å². The fourth-order valence-electron chi connectivity index (χ4n) is 3.57. The van der Waals surface area contributed by atoms with Crippen molar-refractivity contribution in [1.82, 2.24) is 4.90 Å². The van der Waals surface area contributed by atoms with Gasteiger partial charge in [0, 0.05) is 29.5 Å². The third kappa shape index (κ3) is 1.89. The zero-order chi connectivity index (χ0) is 16.0. The van der Waals surface area contributed by atoms with Gasteiger partial charge in [0.05, 0.1) is 5.57 Å². The molecule has 4 heteroatoms. The molecule has 1 spiro atoms. The van der Waals surface area contributed by atoms with E-state index >= 15 is 0 Å². The quantitative estimate of drug-likeness (QED) is 0.799. The Morgan fingerprint density at radius 2 is 1.95 bits per heavy atom. The number of carbonyl (C=O) groups is 2. The topological polar surface area (TPSA) is 61.2 Å². The van der Waals surface area contributed by atoms with Crippen molar-refractivity contribution in [2.45, 2.75) is 20.3 Å². The Hall–Kier alpha value is -2.41. The van der Waals surface area contributed by atoms with Gasteiger partial charge in [0.2, 0.25) is 0 Å². The minimum Gasteiger partial charge on any atom is -0.338 e. The summed E-state index contributed by atoms with van der Waals surface area (Å²) in [5.74, 6) is -0.122. The first-order chi connectivity index (χ1) is 10.4. The van der Waals surface area contributed by atoms with Crippen molar-refractivity contribution < 1.29 is 9.59 Å². The molecule has 0 bridgehead atoms. The van der Waals surface area contributed by atoms with Gasteiger partial charge < -0.3 is 4.90 Å². The zero-order valence-electron chi connectivity index (χ0n) is 12.8. The summed E-state index contributed by atoms with van der Waals surface area (Å²) in [5.41, 5.74) is -0.159. The van der Waals surface area contributed by atoms with Crippen LogP contribution in [0.15, 0.2) is 42.0 Å². The van der Waals surface area contributed by atoms with E-state index in [2.05, 4.69) is 0 Å². The number of ketones is 1. The Morgan fingerprint density at radius 3 is 2.55 bits per heavy atom. The van der Waals surface area contributed by atoms with Crippen molar-refractivity contribution in [1.29, 1.82) is 5.26 Å². The number of hydrogen-bond acceptors (Lipinski definition) is 3. The Morgan fingerprint density at radius 1 is 1.27 bits per heavy atom. The summed E-state index contributed by atoms with van der Waals surface area (Å²) >= 11 is 0. The number of benzene rings is 1. The molecular formula is C18H18N2O2. The van der Waals surface area contributed by atoms with Crippen LogP contribution >= 0.6 is 0 Å².